The zero-order chi connectivity index (χ0) is 18.5. The standard InChI is InChI=1S/C14H19F2NO4.C2H6/c1-6-9(14(2,3)20)7(5-8(17)13(18)19)11(16)12(21-4)10(6)15;1-2/h8,20H,5,17H2,1-4H3,(H,18,19);1-2H3. The van der Waals surface area contributed by atoms with Crippen molar-refractivity contribution in [1.29, 1.82) is 0 Å². The summed E-state index contributed by atoms with van der Waals surface area (Å²) in [5.41, 5.74) is 3.68. The van der Waals surface area contributed by atoms with Crippen molar-refractivity contribution in [3.8, 4) is 5.75 Å². The summed E-state index contributed by atoms with van der Waals surface area (Å²) in [5.74, 6) is -3.92. The molecule has 0 aliphatic carbocycles. The van der Waals surface area contributed by atoms with Crippen molar-refractivity contribution in [2.24, 2.45) is 5.73 Å². The third kappa shape index (κ3) is 4.62. The van der Waals surface area contributed by atoms with E-state index in [4.69, 9.17) is 10.8 Å². The van der Waals surface area contributed by atoms with Crippen molar-refractivity contribution in [2.75, 3.05) is 7.11 Å². The molecule has 1 rings (SSSR count). The van der Waals surface area contributed by atoms with Gasteiger partial charge in [0.25, 0.3) is 0 Å². The first kappa shape index (κ1) is 21.3. The molecule has 132 valence electrons. The monoisotopic (exact) mass is 333 g/mol. The van der Waals surface area contributed by atoms with Gasteiger partial charge in [0, 0.05) is 12.0 Å². The Morgan fingerprint density at radius 3 is 2.13 bits per heavy atom. The number of aliphatic hydroxyl groups is 1. The molecule has 0 radical (unpaired) electrons. The van der Waals surface area contributed by atoms with Gasteiger partial charge in [-0.2, -0.15) is 0 Å². The Bertz CT molecular complexity index is 568. The number of hydrogen-bond donors (Lipinski definition) is 3. The maximum Gasteiger partial charge on any atom is 0.320 e. The Kier molecular flexibility index (Phi) is 7.60. The first-order valence-corrected chi connectivity index (χ1v) is 7.28. The molecule has 1 atom stereocenters. The molecule has 0 aliphatic heterocycles. The second-order valence-electron chi connectivity index (χ2n) is 5.35. The maximum atomic E-state index is 14.4. The number of carbonyl (C=O) groups is 1. The third-order valence-electron chi connectivity index (χ3n) is 3.23. The Balaban J connectivity index is 0.00000232. The summed E-state index contributed by atoms with van der Waals surface area (Å²) >= 11 is 0. The zero-order valence-corrected chi connectivity index (χ0v) is 14.3. The van der Waals surface area contributed by atoms with E-state index in [-0.39, 0.29) is 16.7 Å². The number of ether oxygens (including phenoxy) is 1. The van der Waals surface area contributed by atoms with Crippen molar-refractivity contribution >= 4 is 5.97 Å². The van der Waals surface area contributed by atoms with E-state index >= 15 is 0 Å². The SMILES string of the molecule is CC.COc1c(F)c(C)c(C(C)(C)O)c(CC(N)C(=O)O)c1F. The van der Waals surface area contributed by atoms with Gasteiger partial charge in [0.1, 0.15) is 6.04 Å². The summed E-state index contributed by atoms with van der Waals surface area (Å²) in [5, 5.41) is 19.0. The normalized spacial score (nSPS) is 12.3. The van der Waals surface area contributed by atoms with Crippen LogP contribution in [0.3, 0.4) is 0 Å². The lowest BCUT2D eigenvalue weighted by Crippen LogP contribution is -2.34. The highest BCUT2D eigenvalue weighted by Crippen LogP contribution is 2.37. The summed E-state index contributed by atoms with van der Waals surface area (Å²) < 4.78 is 33.2. The fraction of sp³-hybridized carbons (Fsp3) is 0.562. The smallest absolute Gasteiger partial charge is 0.320 e. The fourth-order valence-electron chi connectivity index (χ4n) is 2.36. The van der Waals surface area contributed by atoms with E-state index in [9.17, 15) is 18.7 Å². The molecule has 0 saturated heterocycles. The number of carboxylic acids is 1. The van der Waals surface area contributed by atoms with Crippen LogP contribution in [-0.4, -0.2) is 29.3 Å². The highest BCUT2D eigenvalue weighted by atomic mass is 19.1. The molecular formula is C16H25F2NO4. The predicted molar refractivity (Wildman–Crippen MR) is 83.6 cm³/mol. The van der Waals surface area contributed by atoms with Gasteiger partial charge in [-0.1, -0.05) is 13.8 Å². The molecule has 0 spiro atoms. The highest BCUT2D eigenvalue weighted by molar-refractivity contribution is 5.73. The topological polar surface area (TPSA) is 92.8 Å². The average molecular weight is 333 g/mol. The van der Waals surface area contributed by atoms with Gasteiger partial charge in [0.15, 0.2) is 17.4 Å². The number of carboxylic acid groups (broad SMARTS) is 1. The van der Waals surface area contributed by atoms with Crippen molar-refractivity contribution in [3.63, 3.8) is 0 Å². The lowest BCUT2D eigenvalue weighted by Gasteiger charge is -2.26. The lowest BCUT2D eigenvalue weighted by molar-refractivity contribution is -0.138. The van der Waals surface area contributed by atoms with E-state index in [0.717, 1.165) is 7.11 Å². The minimum absolute atomic E-state index is 0.00617. The van der Waals surface area contributed by atoms with E-state index in [1.165, 1.54) is 20.8 Å². The predicted octanol–water partition coefficient (Wildman–Crippen LogP) is 2.49. The first-order chi connectivity index (χ1) is 10.5. The molecule has 1 aromatic rings. The van der Waals surface area contributed by atoms with Gasteiger partial charge in [-0.05, 0) is 31.9 Å². The first-order valence-electron chi connectivity index (χ1n) is 7.28. The van der Waals surface area contributed by atoms with Gasteiger partial charge in [0.05, 0.1) is 12.7 Å². The van der Waals surface area contributed by atoms with Crippen molar-refractivity contribution in [2.45, 2.75) is 52.7 Å². The van der Waals surface area contributed by atoms with Gasteiger partial charge >= 0.3 is 5.97 Å². The van der Waals surface area contributed by atoms with Gasteiger partial charge in [-0.15, -0.1) is 0 Å². The largest absolute Gasteiger partial charge is 0.491 e. The Morgan fingerprint density at radius 2 is 1.78 bits per heavy atom. The number of benzene rings is 1. The maximum absolute atomic E-state index is 14.4. The molecule has 0 fully saturated rings. The molecule has 1 unspecified atom stereocenters. The van der Waals surface area contributed by atoms with Gasteiger partial charge in [-0.3, -0.25) is 4.79 Å². The molecule has 7 heteroatoms. The van der Waals surface area contributed by atoms with Gasteiger partial charge in [0.2, 0.25) is 0 Å². The Morgan fingerprint density at radius 1 is 1.30 bits per heavy atom. The molecule has 4 N–H and O–H groups in total. The quantitative estimate of drug-likeness (QED) is 0.770. The molecule has 5 nitrogen and oxygen atoms in total. The van der Waals surface area contributed by atoms with Crippen LogP contribution in [0.4, 0.5) is 8.78 Å². The molecule has 0 bridgehead atoms. The van der Waals surface area contributed by atoms with Crippen LogP contribution in [0.5, 0.6) is 5.75 Å². The van der Waals surface area contributed by atoms with Crippen LogP contribution in [0.15, 0.2) is 0 Å². The third-order valence-corrected chi connectivity index (χ3v) is 3.23. The minimum Gasteiger partial charge on any atom is -0.491 e. The number of methoxy groups -OCH3 is 1. The zero-order valence-electron chi connectivity index (χ0n) is 14.3. The summed E-state index contributed by atoms with van der Waals surface area (Å²) in [6, 6.07) is -1.38. The molecular weight excluding hydrogens is 308 g/mol. The summed E-state index contributed by atoms with van der Waals surface area (Å²) in [6.07, 6.45) is -0.391. The van der Waals surface area contributed by atoms with E-state index in [0.29, 0.717) is 0 Å². The van der Waals surface area contributed by atoms with Crippen molar-refractivity contribution < 1.29 is 28.5 Å². The summed E-state index contributed by atoms with van der Waals surface area (Å²) in [6.45, 7) is 8.08. The number of aliphatic carboxylic acids is 1. The Hall–Kier alpha value is -1.73. The van der Waals surface area contributed by atoms with E-state index < -0.39 is 41.4 Å². The second-order valence-corrected chi connectivity index (χ2v) is 5.35. The molecule has 23 heavy (non-hydrogen) atoms. The molecule has 0 aliphatic rings. The number of hydrogen-bond acceptors (Lipinski definition) is 4. The summed E-state index contributed by atoms with van der Waals surface area (Å²) in [7, 11) is 1.10. The van der Waals surface area contributed by atoms with Crippen LogP contribution in [0, 0.1) is 18.6 Å². The molecule has 0 heterocycles. The number of rotatable bonds is 5. The van der Waals surface area contributed by atoms with Crippen LogP contribution >= 0.6 is 0 Å². The molecule has 0 saturated carbocycles. The lowest BCUT2D eigenvalue weighted by atomic mass is 9.85. The van der Waals surface area contributed by atoms with E-state index in [1.54, 1.807) is 0 Å². The van der Waals surface area contributed by atoms with Crippen LogP contribution in [0.1, 0.15) is 44.4 Å². The average Bonchev–Trinajstić information content (AvgIpc) is 2.46. The Labute approximate surface area is 135 Å². The van der Waals surface area contributed by atoms with Crippen LogP contribution < -0.4 is 10.5 Å². The minimum atomic E-state index is -1.56. The highest BCUT2D eigenvalue weighted by Gasteiger charge is 2.32. The molecule has 1 aromatic carbocycles. The molecule has 0 amide bonds. The summed E-state index contributed by atoms with van der Waals surface area (Å²) in [4.78, 5) is 10.9. The van der Waals surface area contributed by atoms with Crippen molar-refractivity contribution in [3.05, 3.63) is 28.3 Å². The number of nitrogens with two attached hydrogens (primary N) is 1. The van der Waals surface area contributed by atoms with Crippen LogP contribution in [-0.2, 0) is 16.8 Å². The molecule has 0 aromatic heterocycles. The van der Waals surface area contributed by atoms with E-state index in [2.05, 4.69) is 4.74 Å². The van der Waals surface area contributed by atoms with E-state index in [1.807, 2.05) is 13.8 Å². The van der Waals surface area contributed by atoms with Gasteiger partial charge in [-0.25, -0.2) is 8.78 Å². The number of halogens is 2. The van der Waals surface area contributed by atoms with Crippen LogP contribution in [0.2, 0.25) is 0 Å². The fourth-order valence-corrected chi connectivity index (χ4v) is 2.36. The second kappa shape index (κ2) is 8.21. The van der Waals surface area contributed by atoms with Crippen molar-refractivity contribution in [1.82, 2.24) is 0 Å². The van der Waals surface area contributed by atoms with Gasteiger partial charge < -0.3 is 20.7 Å². The van der Waals surface area contributed by atoms with Crippen LogP contribution in [0.25, 0.3) is 0 Å².